The van der Waals surface area contributed by atoms with Gasteiger partial charge in [0.1, 0.15) is 4.64 Å². The summed E-state index contributed by atoms with van der Waals surface area (Å²) < 4.78 is 1.77. The summed E-state index contributed by atoms with van der Waals surface area (Å²) in [5.74, 6) is -0.378. The number of nitrogens with zero attached hydrogens (tertiary/aromatic N) is 1. The van der Waals surface area contributed by atoms with Gasteiger partial charge in [-0.3, -0.25) is 0 Å². The Hall–Kier alpha value is -1.16. The largest absolute Gasteiger partial charge is 0.336 e. The minimum Gasteiger partial charge on any atom is -0.336 e. The molecule has 0 amide bonds. The molecular weight excluding hydrogens is 174 g/mol. The lowest BCUT2D eigenvalue weighted by atomic mass is 10.3. The van der Waals surface area contributed by atoms with Gasteiger partial charge in [0.15, 0.2) is 0 Å². The summed E-state index contributed by atoms with van der Waals surface area (Å²) in [7, 11) is 0. The minimum absolute atomic E-state index is 0.378. The van der Waals surface area contributed by atoms with Crippen molar-refractivity contribution in [2.24, 2.45) is 0 Å². The molecule has 0 aliphatic carbocycles. The number of hydrogen-bond donors (Lipinski definition) is 0. The molecule has 1 rings (SSSR count). The standard InChI is InChI=1S/C8H9NO2S/c1-6-3-4-8(12)9(5-6)11-7(2)10/h3-5H,1-2H3. The van der Waals surface area contributed by atoms with E-state index in [4.69, 9.17) is 17.1 Å². The molecular formula is C8H9NO2S. The first kappa shape index (κ1) is 8.93. The first-order valence-corrected chi connectivity index (χ1v) is 3.88. The van der Waals surface area contributed by atoms with Crippen LogP contribution in [-0.4, -0.2) is 10.7 Å². The highest BCUT2D eigenvalue weighted by molar-refractivity contribution is 7.71. The van der Waals surface area contributed by atoms with E-state index >= 15 is 0 Å². The van der Waals surface area contributed by atoms with E-state index < -0.39 is 0 Å². The lowest BCUT2D eigenvalue weighted by molar-refractivity contribution is -0.141. The van der Waals surface area contributed by atoms with Crippen molar-refractivity contribution in [2.45, 2.75) is 13.8 Å². The molecule has 0 radical (unpaired) electrons. The summed E-state index contributed by atoms with van der Waals surface area (Å²) in [6.45, 7) is 3.23. The summed E-state index contributed by atoms with van der Waals surface area (Å²) in [5.41, 5.74) is 0.991. The molecule has 0 unspecified atom stereocenters. The van der Waals surface area contributed by atoms with Crippen molar-refractivity contribution >= 4 is 18.2 Å². The maximum atomic E-state index is 10.6. The smallest absolute Gasteiger partial charge is 0.329 e. The number of carbonyl (C=O) groups excluding carboxylic acids is 1. The first-order chi connectivity index (χ1) is 5.59. The summed E-state index contributed by atoms with van der Waals surface area (Å²) in [6, 6.07) is 3.58. The summed E-state index contributed by atoms with van der Waals surface area (Å²) in [6.07, 6.45) is 1.67. The molecule has 0 aromatic carbocycles. The maximum Gasteiger partial charge on any atom is 0.329 e. The highest BCUT2D eigenvalue weighted by atomic mass is 32.1. The third-order valence-corrected chi connectivity index (χ3v) is 1.57. The van der Waals surface area contributed by atoms with Gasteiger partial charge in [-0.2, -0.15) is 4.73 Å². The van der Waals surface area contributed by atoms with Gasteiger partial charge in [-0.15, -0.1) is 0 Å². The van der Waals surface area contributed by atoms with E-state index in [1.54, 1.807) is 12.3 Å². The fraction of sp³-hybridized carbons (Fsp3) is 0.250. The first-order valence-electron chi connectivity index (χ1n) is 3.48. The van der Waals surface area contributed by atoms with Crippen LogP contribution in [0, 0.1) is 11.6 Å². The van der Waals surface area contributed by atoms with Crippen molar-refractivity contribution in [3.8, 4) is 0 Å². The highest BCUT2D eigenvalue weighted by Crippen LogP contribution is 1.97. The summed E-state index contributed by atoms with van der Waals surface area (Å²) in [4.78, 5) is 15.4. The quantitative estimate of drug-likeness (QED) is 0.618. The normalized spacial score (nSPS) is 9.50. The molecule has 0 atom stereocenters. The van der Waals surface area contributed by atoms with Gasteiger partial charge >= 0.3 is 5.97 Å². The minimum atomic E-state index is -0.378. The number of hydrogen-bond acceptors (Lipinski definition) is 3. The number of aromatic nitrogens is 1. The second-order valence-electron chi connectivity index (χ2n) is 2.45. The van der Waals surface area contributed by atoms with Gasteiger partial charge in [-0.1, -0.05) is 18.3 Å². The highest BCUT2D eigenvalue weighted by Gasteiger charge is 1.96. The van der Waals surface area contributed by atoms with E-state index in [9.17, 15) is 4.79 Å². The zero-order valence-corrected chi connectivity index (χ0v) is 7.72. The Kier molecular flexibility index (Phi) is 2.60. The van der Waals surface area contributed by atoms with Crippen molar-refractivity contribution in [1.82, 2.24) is 4.73 Å². The molecule has 1 aromatic heterocycles. The second kappa shape index (κ2) is 3.49. The van der Waals surface area contributed by atoms with Crippen molar-refractivity contribution < 1.29 is 9.63 Å². The van der Waals surface area contributed by atoms with Gasteiger partial charge in [0, 0.05) is 13.1 Å². The fourth-order valence-corrected chi connectivity index (χ4v) is 0.936. The van der Waals surface area contributed by atoms with Gasteiger partial charge < -0.3 is 4.84 Å². The summed E-state index contributed by atoms with van der Waals surface area (Å²) in [5, 5.41) is 0. The molecule has 1 aromatic rings. The van der Waals surface area contributed by atoms with Crippen LogP contribution in [0.3, 0.4) is 0 Å². The molecule has 0 saturated heterocycles. The van der Waals surface area contributed by atoms with E-state index in [1.807, 2.05) is 13.0 Å². The molecule has 12 heavy (non-hydrogen) atoms. The molecule has 64 valence electrons. The van der Waals surface area contributed by atoms with Gasteiger partial charge in [-0.05, 0) is 18.6 Å². The van der Waals surface area contributed by atoms with Crippen LogP contribution >= 0.6 is 12.2 Å². The topological polar surface area (TPSA) is 31.2 Å². The SMILES string of the molecule is CC(=O)On1cc(C)ccc1=S. The summed E-state index contributed by atoms with van der Waals surface area (Å²) >= 11 is 4.92. The van der Waals surface area contributed by atoms with E-state index in [2.05, 4.69) is 0 Å². The van der Waals surface area contributed by atoms with Crippen LogP contribution in [0.25, 0.3) is 0 Å². The number of aryl methyl sites for hydroxylation is 1. The van der Waals surface area contributed by atoms with Crippen molar-refractivity contribution in [3.63, 3.8) is 0 Å². The Bertz CT molecular complexity index is 356. The van der Waals surface area contributed by atoms with Crippen LogP contribution in [0.4, 0.5) is 0 Å². The molecule has 0 saturated carbocycles. The Balaban J connectivity index is 3.06. The Labute approximate surface area is 75.5 Å². The average Bonchev–Trinajstić information content (AvgIpc) is 1.96. The zero-order valence-electron chi connectivity index (χ0n) is 6.90. The number of pyridine rings is 1. The molecule has 0 aliphatic rings. The molecule has 1 heterocycles. The van der Waals surface area contributed by atoms with E-state index in [0.29, 0.717) is 4.64 Å². The Morgan fingerprint density at radius 2 is 2.25 bits per heavy atom. The molecule has 4 heteroatoms. The van der Waals surface area contributed by atoms with Gasteiger partial charge in [0.25, 0.3) is 0 Å². The zero-order chi connectivity index (χ0) is 9.14. The molecule has 0 bridgehead atoms. The lowest BCUT2D eigenvalue weighted by Crippen LogP contribution is -2.17. The predicted molar refractivity (Wildman–Crippen MR) is 47.3 cm³/mol. The molecule has 0 spiro atoms. The monoisotopic (exact) mass is 183 g/mol. The maximum absolute atomic E-state index is 10.6. The van der Waals surface area contributed by atoms with Gasteiger partial charge in [0.2, 0.25) is 0 Å². The van der Waals surface area contributed by atoms with Crippen LogP contribution in [0.1, 0.15) is 12.5 Å². The number of carbonyl (C=O) groups is 1. The molecule has 3 nitrogen and oxygen atoms in total. The van der Waals surface area contributed by atoms with E-state index in [-0.39, 0.29) is 5.97 Å². The third-order valence-electron chi connectivity index (χ3n) is 1.25. The van der Waals surface area contributed by atoms with Crippen LogP contribution < -0.4 is 4.84 Å². The predicted octanol–water partition coefficient (Wildman–Crippen LogP) is 1.50. The molecule has 0 N–H and O–H groups in total. The molecule has 0 aliphatic heterocycles. The second-order valence-corrected chi connectivity index (χ2v) is 2.87. The Morgan fingerprint density at radius 1 is 1.58 bits per heavy atom. The van der Waals surface area contributed by atoms with Gasteiger partial charge in [-0.25, -0.2) is 4.79 Å². The van der Waals surface area contributed by atoms with Crippen LogP contribution in [-0.2, 0) is 4.79 Å². The lowest BCUT2D eigenvalue weighted by Gasteiger charge is -2.04. The van der Waals surface area contributed by atoms with Crippen LogP contribution in [0.15, 0.2) is 18.3 Å². The van der Waals surface area contributed by atoms with Crippen molar-refractivity contribution in [2.75, 3.05) is 0 Å². The van der Waals surface area contributed by atoms with Crippen LogP contribution in [0.5, 0.6) is 0 Å². The van der Waals surface area contributed by atoms with Crippen molar-refractivity contribution in [3.05, 3.63) is 28.5 Å². The van der Waals surface area contributed by atoms with Crippen molar-refractivity contribution in [1.29, 1.82) is 0 Å². The Morgan fingerprint density at radius 3 is 2.83 bits per heavy atom. The van der Waals surface area contributed by atoms with Crippen LogP contribution in [0.2, 0.25) is 0 Å². The third kappa shape index (κ3) is 2.17. The van der Waals surface area contributed by atoms with E-state index in [1.165, 1.54) is 11.7 Å². The molecule has 0 fully saturated rings. The van der Waals surface area contributed by atoms with E-state index in [0.717, 1.165) is 5.56 Å². The average molecular weight is 183 g/mol. The fourth-order valence-electron chi connectivity index (χ4n) is 0.778. The number of rotatable bonds is 1. The van der Waals surface area contributed by atoms with Gasteiger partial charge in [0.05, 0.1) is 0 Å².